The third-order valence-electron chi connectivity index (χ3n) is 0.586. The molecule has 1 nitrogen and oxygen atoms in total. The van der Waals surface area contributed by atoms with Crippen molar-refractivity contribution >= 4 is 0 Å². The SMILES string of the molecule is CO.[C-]1=CC=CC1.[CH3-].[CH3-].[CH3-].[Ti+4]. The molecule has 0 atom stereocenters. The van der Waals surface area contributed by atoms with Crippen molar-refractivity contribution in [3.8, 4) is 0 Å². The molecule has 0 spiro atoms. The van der Waals surface area contributed by atoms with E-state index in [9.17, 15) is 0 Å². The largest absolute Gasteiger partial charge is 4.00 e. The molecule has 0 saturated carbocycles. The Bertz CT molecular complexity index is 67.6. The standard InChI is InChI=1S/C5H5.CH4O.3CH3.Ti/c1-2-4-5-3-1;1-2;;;;/h1-3H,4H2;2H,1H3;3*1H3;/q-1;;3*-1;+4. The van der Waals surface area contributed by atoms with Crippen LogP contribution in [-0.2, 0) is 21.7 Å². The van der Waals surface area contributed by atoms with Crippen molar-refractivity contribution in [3.05, 3.63) is 46.6 Å². The molecular formula is C9H18OTi. The van der Waals surface area contributed by atoms with E-state index in [1.165, 1.54) is 0 Å². The summed E-state index contributed by atoms with van der Waals surface area (Å²) < 4.78 is 0. The van der Waals surface area contributed by atoms with Crippen molar-refractivity contribution in [1.29, 1.82) is 0 Å². The van der Waals surface area contributed by atoms with Crippen molar-refractivity contribution < 1.29 is 26.8 Å². The van der Waals surface area contributed by atoms with Crippen LogP contribution in [0.15, 0.2) is 18.2 Å². The Balaban J connectivity index is -0.0000000189. The van der Waals surface area contributed by atoms with E-state index in [0.29, 0.717) is 0 Å². The van der Waals surface area contributed by atoms with Gasteiger partial charge in [-0.3, -0.25) is 6.08 Å². The first-order valence-electron chi connectivity index (χ1n) is 2.16. The Morgan fingerprint density at radius 3 is 1.73 bits per heavy atom. The molecule has 0 amide bonds. The van der Waals surface area contributed by atoms with Crippen molar-refractivity contribution in [3.63, 3.8) is 0 Å². The number of aliphatic hydroxyl groups excluding tert-OH is 1. The average Bonchev–Trinajstić information content (AvgIpc) is 2.23. The Morgan fingerprint density at radius 1 is 1.18 bits per heavy atom. The van der Waals surface area contributed by atoms with E-state index in [2.05, 4.69) is 12.2 Å². The number of hydrogen-bond donors (Lipinski definition) is 1. The predicted octanol–water partition coefficient (Wildman–Crippen LogP) is 2.26. The maximum Gasteiger partial charge on any atom is 4.00 e. The number of rotatable bonds is 0. The average molecular weight is 190 g/mol. The fourth-order valence-corrected chi connectivity index (χ4v) is 0.340. The van der Waals surface area contributed by atoms with E-state index in [1.807, 2.05) is 12.2 Å². The molecule has 1 N–H and O–H groups in total. The van der Waals surface area contributed by atoms with E-state index in [0.717, 1.165) is 13.5 Å². The molecule has 1 aliphatic carbocycles. The minimum Gasteiger partial charge on any atom is -0.400 e. The van der Waals surface area contributed by atoms with Crippen LogP contribution in [-0.4, -0.2) is 12.2 Å². The minimum atomic E-state index is 0. The summed E-state index contributed by atoms with van der Waals surface area (Å²) in [6, 6.07) is 0. The summed E-state index contributed by atoms with van der Waals surface area (Å²) in [7, 11) is 1.00. The molecule has 0 heterocycles. The Labute approximate surface area is 87.1 Å². The van der Waals surface area contributed by atoms with Gasteiger partial charge in [-0.05, 0) is 0 Å². The second-order valence-electron chi connectivity index (χ2n) is 1.00. The summed E-state index contributed by atoms with van der Waals surface area (Å²) >= 11 is 0. The molecule has 0 aliphatic heterocycles. The van der Waals surface area contributed by atoms with Gasteiger partial charge in [-0.1, -0.05) is 0 Å². The quantitative estimate of drug-likeness (QED) is 0.458. The van der Waals surface area contributed by atoms with Gasteiger partial charge in [0.2, 0.25) is 0 Å². The van der Waals surface area contributed by atoms with Crippen LogP contribution in [0.4, 0.5) is 0 Å². The molecule has 0 aromatic heterocycles. The van der Waals surface area contributed by atoms with Crippen molar-refractivity contribution in [2.75, 3.05) is 7.11 Å². The van der Waals surface area contributed by atoms with Crippen LogP contribution in [0.2, 0.25) is 0 Å². The monoisotopic (exact) mass is 190 g/mol. The van der Waals surface area contributed by atoms with E-state index in [1.54, 1.807) is 0 Å². The Hall–Kier alpha value is 0.154. The normalized spacial score (nSPS) is 8.55. The van der Waals surface area contributed by atoms with Gasteiger partial charge in [-0.15, -0.1) is 6.42 Å². The van der Waals surface area contributed by atoms with Gasteiger partial charge in [0.15, 0.2) is 0 Å². The van der Waals surface area contributed by atoms with Crippen molar-refractivity contribution in [1.82, 2.24) is 0 Å². The van der Waals surface area contributed by atoms with Gasteiger partial charge in [0.25, 0.3) is 0 Å². The van der Waals surface area contributed by atoms with Crippen LogP contribution in [0.5, 0.6) is 0 Å². The van der Waals surface area contributed by atoms with Crippen LogP contribution < -0.4 is 0 Å². The first-order valence-corrected chi connectivity index (χ1v) is 2.16. The topological polar surface area (TPSA) is 20.2 Å². The van der Waals surface area contributed by atoms with Crippen LogP contribution in [0.25, 0.3) is 0 Å². The summed E-state index contributed by atoms with van der Waals surface area (Å²) in [6.45, 7) is 0. The van der Waals surface area contributed by atoms with E-state index >= 15 is 0 Å². The molecule has 0 aromatic rings. The van der Waals surface area contributed by atoms with Gasteiger partial charge in [0, 0.05) is 7.11 Å². The molecule has 0 bridgehead atoms. The summed E-state index contributed by atoms with van der Waals surface area (Å²) in [6.07, 6.45) is 10.0. The number of aliphatic hydroxyl groups is 1. The summed E-state index contributed by atoms with van der Waals surface area (Å²) in [5.41, 5.74) is 0. The number of hydrogen-bond acceptors (Lipinski definition) is 1. The molecule has 0 saturated heterocycles. The van der Waals surface area contributed by atoms with Crippen LogP contribution in [0, 0.1) is 28.4 Å². The van der Waals surface area contributed by atoms with E-state index in [4.69, 9.17) is 5.11 Å². The van der Waals surface area contributed by atoms with Crippen LogP contribution in [0.3, 0.4) is 0 Å². The molecule has 0 aromatic carbocycles. The maximum absolute atomic E-state index is 7.00. The minimum absolute atomic E-state index is 0. The maximum atomic E-state index is 7.00. The smallest absolute Gasteiger partial charge is 0.400 e. The van der Waals surface area contributed by atoms with Gasteiger partial charge in [0.05, 0.1) is 0 Å². The van der Waals surface area contributed by atoms with Crippen LogP contribution >= 0.6 is 0 Å². The molecule has 0 fully saturated rings. The molecular weight excluding hydrogens is 172 g/mol. The third kappa shape index (κ3) is 25.4. The molecule has 0 unspecified atom stereocenters. The van der Waals surface area contributed by atoms with Gasteiger partial charge in [-0.25, -0.2) is 12.2 Å². The molecule has 11 heavy (non-hydrogen) atoms. The summed E-state index contributed by atoms with van der Waals surface area (Å²) in [5.74, 6) is 0. The fourth-order valence-electron chi connectivity index (χ4n) is 0.340. The van der Waals surface area contributed by atoms with Crippen LogP contribution in [0.1, 0.15) is 6.42 Å². The van der Waals surface area contributed by atoms with Gasteiger partial charge in [-0.2, -0.15) is 6.08 Å². The molecule has 1 rings (SSSR count). The molecule has 2 heteroatoms. The van der Waals surface area contributed by atoms with E-state index < -0.39 is 0 Å². The first kappa shape index (κ1) is 30.4. The first-order chi connectivity index (χ1) is 3.50. The summed E-state index contributed by atoms with van der Waals surface area (Å²) in [4.78, 5) is 0. The van der Waals surface area contributed by atoms with Crippen molar-refractivity contribution in [2.45, 2.75) is 6.42 Å². The van der Waals surface area contributed by atoms with Gasteiger partial charge < -0.3 is 27.4 Å². The predicted molar refractivity (Wildman–Crippen MR) is 49.0 cm³/mol. The van der Waals surface area contributed by atoms with Gasteiger partial charge >= 0.3 is 21.7 Å². The third-order valence-corrected chi connectivity index (χ3v) is 0.586. The molecule has 0 radical (unpaired) electrons. The van der Waals surface area contributed by atoms with Gasteiger partial charge in [0.1, 0.15) is 0 Å². The Kier molecular flexibility index (Phi) is 88.4. The second kappa shape index (κ2) is 32.0. The zero-order valence-electron chi connectivity index (χ0n) is 7.89. The summed E-state index contributed by atoms with van der Waals surface area (Å²) in [5, 5.41) is 7.00. The zero-order valence-corrected chi connectivity index (χ0v) is 9.45. The zero-order chi connectivity index (χ0) is 5.54. The molecule has 64 valence electrons. The fraction of sp³-hybridized carbons (Fsp3) is 0.222. The van der Waals surface area contributed by atoms with E-state index in [-0.39, 0.29) is 44.0 Å². The second-order valence-corrected chi connectivity index (χ2v) is 1.00. The Morgan fingerprint density at radius 2 is 1.64 bits per heavy atom. The van der Waals surface area contributed by atoms with Crippen molar-refractivity contribution in [2.24, 2.45) is 0 Å². The molecule has 1 aliphatic rings. The number of allylic oxidation sites excluding steroid dienone is 4.